The first-order valence-corrected chi connectivity index (χ1v) is 11.3. The Morgan fingerprint density at radius 2 is 1.44 bits per heavy atom. The number of nitrogens with zero attached hydrogens (tertiary/aromatic N) is 2. The van der Waals surface area contributed by atoms with Crippen LogP contribution in [0.5, 0.6) is 11.5 Å². The van der Waals surface area contributed by atoms with E-state index >= 15 is 0 Å². The van der Waals surface area contributed by atoms with Gasteiger partial charge in [-0.3, -0.25) is 0 Å². The Balaban J connectivity index is 1.50. The van der Waals surface area contributed by atoms with Crippen molar-refractivity contribution in [1.82, 2.24) is 4.83 Å². The molecule has 3 rings (SSSR count). The maximum absolute atomic E-state index is 12.4. The predicted octanol–water partition coefficient (Wildman–Crippen LogP) is 4.03. The van der Waals surface area contributed by atoms with E-state index in [0.29, 0.717) is 36.0 Å². The number of nitrogens with one attached hydrogen (secondary N) is 1. The highest BCUT2D eigenvalue weighted by atomic mass is 32.2. The van der Waals surface area contributed by atoms with Crippen molar-refractivity contribution in [3.05, 3.63) is 89.5 Å². The number of hydrogen-bond donors (Lipinski definition) is 1. The van der Waals surface area contributed by atoms with Gasteiger partial charge in [-0.1, -0.05) is 17.7 Å². The lowest BCUT2D eigenvalue weighted by atomic mass is 10.1. The Labute approximate surface area is 188 Å². The van der Waals surface area contributed by atoms with Gasteiger partial charge < -0.3 is 9.47 Å². The highest BCUT2D eigenvalue weighted by Gasteiger charge is 2.12. The molecule has 3 aromatic rings. The third-order valence-electron chi connectivity index (χ3n) is 4.54. The minimum atomic E-state index is -3.72. The molecule has 0 bridgehead atoms. The van der Waals surface area contributed by atoms with Crippen molar-refractivity contribution in [3.8, 4) is 17.6 Å². The van der Waals surface area contributed by atoms with Gasteiger partial charge in [0, 0.05) is 0 Å². The molecular weight excluding hydrogens is 426 g/mol. The maximum atomic E-state index is 12.4. The van der Waals surface area contributed by atoms with Crippen LogP contribution in [0.3, 0.4) is 0 Å². The average Bonchev–Trinajstić information content (AvgIpc) is 2.81. The Morgan fingerprint density at radius 1 is 0.906 bits per heavy atom. The zero-order valence-corrected chi connectivity index (χ0v) is 18.6. The molecule has 0 radical (unpaired) electrons. The zero-order chi connectivity index (χ0) is 23.0. The summed E-state index contributed by atoms with van der Waals surface area (Å²) in [6.07, 6.45) is 0. The molecule has 0 aliphatic carbocycles. The van der Waals surface area contributed by atoms with E-state index < -0.39 is 10.0 Å². The van der Waals surface area contributed by atoms with Crippen molar-refractivity contribution in [2.45, 2.75) is 18.7 Å². The summed E-state index contributed by atoms with van der Waals surface area (Å²) in [5, 5.41) is 12.8. The van der Waals surface area contributed by atoms with Gasteiger partial charge in [-0.15, -0.1) is 0 Å². The monoisotopic (exact) mass is 449 g/mol. The molecule has 32 heavy (non-hydrogen) atoms. The number of ether oxygens (including phenoxy) is 2. The second-order valence-corrected chi connectivity index (χ2v) is 8.62. The molecule has 0 aliphatic rings. The highest BCUT2D eigenvalue weighted by Crippen LogP contribution is 2.15. The number of hydrazone groups is 1. The van der Waals surface area contributed by atoms with Crippen molar-refractivity contribution in [1.29, 1.82) is 5.26 Å². The van der Waals surface area contributed by atoms with E-state index in [-0.39, 0.29) is 4.90 Å². The fraction of sp³-hybridized carbons (Fsp3) is 0.167. The molecule has 0 amide bonds. The quantitative estimate of drug-likeness (QED) is 0.302. The zero-order valence-electron chi connectivity index (χ0n) is 17.8. The number of rotatable bonds is 9. The van der Waals surface area contributed by atoms with Gasteiger partial charge in [0.05, 0.1) is 22.2 Å². The molecule has 7 nitrogen and oxygen atoms in total. The molecule has 164 valence electrons. The summed E-state index contributed by atoms with van der Waals surface area (Å²) < 4.78 is 35.9. The summed E-state index contributed by atoms with van der Waals surface area (Å²) >= 11 is 0. The van der Waals surface area contributed by atoms with Crippen molar-refractivity contribution in [2.75, 3.05) is 13.2 Å². The van der Waals surface area contributed by atoms with Crippen LogP contribution in [0, 0.1) is 18.3 Å². The lowest BCUT2D eigenvalue weighted by Crippen LogP contribution is -2.20. The lowest BCUT2D eigenvalue weighted by Gasteiger charge is -2.09. The minimum Gasteiger partial charge on any atom is -0.490 e. The SMILES string of the molecule is C/C(=N/NS(=O)(=O)c1ccc(C)cc1)c1ccc(OCCOc2ccc(C#N)cc2)cc1. The van der Waals surface area contributed by atoms with Crippen LogP contribution in [0.2, 0.25) is 0 Å². The van der Waals surface area contributed by atoms with Crippen molar-refractivity contribution in [2.24, 2.45) is 5.10 Å². The fourth-order valence-corrected chi connectivity index (χ4v) is 3.56. The number of sulfonamides is 1. The molecular formula is C24H23N3O4S. The average molecular weight is 450 g/mol. The summed E-state index contributed by atoms with van der Waals surface area (Å²) in [5.74, 6) is 1.33. The standard InChI is InChI=1S/C24H23N3O4S/c1-18-3-13-24(14-4-18)32(28,29)27-26-19(2)21-7-11-23(12-8-21)31-16-15-30-22-9-5-20(17-25)6-10-22/h3-14,27H,15-16H2,1-2H3/b26-19-. The van der Waals surface area contributed by atoms with Crippen molar-refractivity contribution < 1.29 is 17.9 Å². The molecule has 0 atom stereocenters. The topological polar surface area (TPSA) is 101 Å². The molecule has 0 unspecified atom stereocenters. The first-order chi connectivity index (χ1) is 15.4. The predicted molar refractivity (Wildman–Crippen MR) is 122 cm³/mol. The van der Waals surface area contributed by atoms with Crippen LogP contribution in [-0.4, -0.2) is 27.3 Å². The molecule has 0 aliphatic heterocycles. The number of aryl methyl sites for hydroxylation is 1. The van der Waals surface area contributed by atoms with Gasteiger partial charge in [0.15, 0.2) is 0 Å². The van der Waals surface area contributed by atoms with Crippen LogP contribution >= 0.6 is 0 Å². The maximum Gasteiger partial charge on any atom is 0.276 e. The fourth-order valence-electron chi connectivity index (χ4n) is 2.70. The Bertz CT molecular complexity index is 1210. The first kappa shape index (κ1) is 22.8. The van der Waals surface area contributed by atoms with E-state index in [1.165, 1.54) is 0 Å². The summed E-state index contributed by atoms with van der Waals surface area (Å²) in [4.78, 5) is 2.43. The Morgan fingerprint density at radius 3 is 1.97 bits per heavy atom. The van der Waals surface area contributed by atoms with E-state index in [0.717, 1.165) is 11.1 Å². The van der Waals surface area contributed by atoms with Gasteiger partial charge in [0.25, 0.3) is 10.0 Å². The van der Waals surface area contributed by atoms with E-state index in [2.05, 4.69) is 16.0 Å². The van der Waals surface area contributed by atoms with Crippen LogP contribution in [0.1, 0.15) is 23.6 Å². The Hall–Kier alpha value is -3.83. The first-order valence-electron chi connectivity index (χ1n) is 9.86. The van der Waals surface area contributed by atoms with Crippen molar-refractivity contribution in [3.63, 3.8) is 0 Å². The number of benzene rings is 3. The van der Waals surface area contributed by atoms with E-state index in [4.69, 9.17) is 14.7 Å². The van der Waals surface area contributed by atoms with Gasteiger partial charge in [0.1, 0.15) is 24.7 Å². The second kappa shape index (κ2) is 10.5. The van der Waals surface area contributed by atoms with E-state index in [1.807, 2.05) is 6.92 Å². The molecule has 0 heterocycles. The summed E-state index contributed by atoms with van der Waals surface area (Å²) in [5.41, 5.74) is 2.84. The molecule has 0 saturated carbocycles. The smallest absolute Gasteiger partial charge is 0.276 e. The highest BCUT2D eigenvalue weighted by molar-refractivity contribution is 7.89. The van der Waals surface area contributed by atoms with E-state index in [9.17, 15) is 8.42 Å². The summed E-state index contributed by atoms with van der Waals surface area (Å²) in [7, 11) is -3.72. The van der Waals surface area contributed by atoms with Crippen LogP contribution in [0.15, 0.2) is 82.8 Å². The number of hydrogen-bond acceptors (Lipinski definition) is 6. The summed E-state index contributed by atoms with van der Waals surface area (Å²) in [6, 6.07) is 22.6. The molecule has 0 fully saturated rings. The molecule has 3 aromatic carbocycles. The third-order valence-corrected chi connectivity index (χ3v) is 5.77. The van der Waals surface area contributed by atoms with Crippen LogP contribution < -0.4 is 14.3 Å². The van der Waals surface area contributed by atoms with Crippen LogP contribution in [0.4, 0.5) is 0 Å². The van der Waals surface area contributed by atoms with Gasteiger partial charge >= 0.3 is 0 Å². The lowest BCUT2D eigenvalue weighted by molar-refractivity contribution is 0.217. The molecule has 8 heteroatoms. The normalized spacial score (nSPS) is 11.5. The van der Waals surface area contributed by atoms with Gasteiger partial charge in [0.2, 0.25) is 0 Å². The molecule has 0 spiro atoms. The van der Waals surface area contributed by atoms with Gasteiger partial charge in [-0.25, -0.2) is 0 Å². The summed E-state index contributed by atoms with van der Waals surface area (Å²) in [6.45, 7) is 4.32. The van der Waals surface area contributed by atoms with Gasteiger partial charge in [-0.05, 0) is 80.1 Å². The third kappa shape index (κ3) is 6.33. The van der Waals surface area contributed by atoms with Gasteiger partial charge in [-0.2, -0.15) is 23.6 Å². The minimum absolute atomic E-state index is 0.159. The molecule has 0 aromatic heterocycles. The largest absolute Gasteiger partial charge is 0.490 e. The van der Waals surface area contributed by atoms with Crippen LogP contribution in [-0.2, 0) is 10.0 Å². The Kier molecular flexibility index (Phi) is 7.47. The van der Waals surface area contributed by atoms with E-state index in [1.54, 1.807) is 79.7 Å². The molecule has 1 N–H and O–H groups in total. The second-order valence-electron chi connectivity index (χ2n) is 6.96. The number of nitriles is 1. The van der Waals surface area contributed by atoms with Crippen LogP contribution in [0.25, 0.3) is 0 Å². The van der Waals surface area contributed by atoms with Crippen molar-refractivity contribution >= 4 is 15.7 Å². The molecule has 0 saturated heterocycles.